The van der Waals surface area contributed by atoms with Crippen molar-refractivity contribution in [3.05, 3.63) is 51.7 Å². The molecule has 7 heteroatoms. The second-order valence-corrected chi connectivity index (χ2v) is 7.17. The van der Waals surface area contributed by atoms with Crippen molar-refractivity contribution in [3.63, 3.8) is 0 Å². The van der Waals surface area contributed by atoms with E-state index in [4.69, 9.17) is 5.11 Å². The first-order chi connectivity index (χ1) is 9.83. The summed E-state index contributed by atoms with van der Waals surface area (Å²) in [5.41, 5.74) is 1.25. The first kappa shape index (κ1) is 15.7. The number of benzene rings is 1. The van der Waals surface area contributed by atoms with Gasteiger partial charge in [0.05, 0.1) is 0 Å². The lowest BCUT2D eigenvalue weighted by Crippen LogP contribution is -2.28. The van der Waals surface area contributed by atoms with Crippen LogP contribution in [0.5, 0.6) is 0 Å². The minimum Gasteiger partial charge on any atom is -0.477 e. The number of nitrogens with one attached hydrogen (secondary N) is 1. The molecule has 0 bridgehead atoms. The maximum absolute atomic E-state index is 12.5. The predicted molar refractivity (Wildman–Crippen MR) is 81.2 cm³/mol. The summed E-state index contributed by atoms with van der Waals surface area (Å²) < 4.78 is 27.4. The molecule has 0 saturated heterocycles. The minimum atomic E-state index is -3.89. The number of aryl methyl sites for hydroxylation is 1. The molecule has 0 aliphatic heterocycles. The monoisotopic (exact) mass is 325 g/mol. The van der Waals surface area contributed by atoms with Crippen LogP contribution in [0.25, 0.3) is 0 Å². The Balaban J connectivity index is 2.36. The van der Waals surface area contributed by atoms with Gasteiger partial charge in [0.1, 0.15) is 9.77 Å². The van der Waals surface area contributed by atoms with Crippen molar-refractivity contribution < 1.29 is 18.3 Å². The summed E-state index contributed by atoms with van der Waals surface area (Å²) in [7, 11) is -3.89. The van der Waals surface area contributed by atoms with E-state index >= 15 is 0 Å². The van der Waals surface area contributed by atoms with Crippen LogP contribution in [0, 0.1) is 6.92 Å². The molecule has 1 unspecified atom stereocenters. The second kappa shape index (κ2) is 5.97. The van der Waals surface area contributed by atoms with Crippen LogP contribution in [0.15, 0.2) is 40.6 Å². The van der Waals surface area contributed by atoms with Gasteiger partial charge in [-0.2, -0.15) is 0 Å². The molecule has 1 heterocycles. The summed E-state index contributed by atoms with van der Waals surface area (Å²) in [6.07, 6.45) is 0. The average Bonchev–Trinajstić information content (AvgIpc) is 2.82. The molecular formula is C14H15NO4S2. The van der Waals surface area contributed by atoms with Crippen molar-refractivity contribution in [3.8, 4) is 0 Å². The van der Waals surface area contributed by atoms with E-state index in [9.17, 15) is 13.2 Å². The molecule has 5 nitrogen and oxygen atoms in total. The van der Waals surface area contributed by atoms with Gasteiger partial charge in [-0.3, -0.25) is 0 Å². The van der Waals surface area contributed by atoms with Crippen molar-refractivity contribution in [2.75, 3.05) is 0 Å². The lowest BCUT2D eigenvalue weighted by Gasteiger charge is -2.15. The molecule has 2 N–H and O–H groups in total. The van der Waals surface area contributed by atoms with Crippen LogP contribution in [-0.2, 0) is 10.0 Å². The molecule has 21 heavy (non-hydrogen) atoms. The third-order valence-electron chi connectivity index (χ3n) is 3.01. The normalized spacial score (nSPS) is 13.0. The van der Waals surface area contributed by atoms with Crippen LogP contribution in [0.1, 0.15) is 33.8 Å². The van der Waals surface area contributed by atoms with Crippen LogP contribution in [-0.4, -0.2) is 19.5 Å². The van der Waals surface area contributed by atoms with E-state index in [0.717, 1.165) is 16.9 Å². The fourth-order valence-corrected chi connectivity index (χ4v) is 4.88. The number of carboxylic acid groups (broad SMARTS) is 1. The van der Waals surface area contributed by atoms with Gasteiger partial charge in [0.2, 0.25) is 10.0 Å². The Kier molecular flexibility index (Phi) is 4.46. The molecule has 0 radical (unpaired) electrons. The molecule has 0 spiro atoms. The summed E-state index contributed by atoms with van der Waals surface area (Å²) in [4.78, 5) is 10.8. The highest BCUT2D eigenvalue weighted by molar-refractivity contribution is 7.89. The highest BCUT2D eigenvalue weighted by atomic mass is 32.2. The van der Waals surface area contributed by atoms with E-state index in [1.165, 1.54) is 5.38 Å². The SMILES string of the molecule is Cc1csc(C(=O)O)c1S(=O)(=O)NC(C)c1ccccc1. The smallest absolute Gasteiger partial charge is 0.347 e. The standard InChI is InChI=1S/C14H15NO4S2/c1-9-8-20-12(14(16)17)13(9)21(18,19)15-10(2)11-6-4-3-5-7-11/h3-8,10,15H,1-2H3,(H,16,17). The fraction of sp³-hybridized carbons (Fsp3) is 0.214. The molecule has 0 amide bonds. The average molecular weight is 325 g/mol. The van der Waals surface area contributed by atoms with E-state index in [1.54, 1.807) is 13.8 Å². The van der Waals surface area contributed by atoms with Gasteiger partial charge < -0.3 is 5.11 Å². The van der Waals surface area contributed by atoms with E-state index in [0.29, 0.717) is 5.56 Å². The predicted octanol–water partition coefficient (Wildman–Crippen LogP) is 2.79. The zero-order valence-corrected chi connectivity index (χ0v) is 13.2. The maximum atomic E-state index is 12.5. The second-order valence-electron chi connectivity index (χ2n) is 4.64. The summed E-state index contributed by atoms with van der Waals surface area (Å²) in [5, 5.41) is 10.6. The van der Waals surface area contributed by atoms with E-state index < -0.39 is 22.0 Å². The van der Waals surface area contributed by atoms with Gasteiger partial charge in [0.15, 0.2) is 0 Å². The molecular weight excluding hydrogens is 310 g/mol. The molecule has 0 fully saturated rings. The Morgan fingerprint density at radius 3 is 2.48 bits per heavy atom. The Hall–Kier alpha value is -1.70. The van der Waals surface area contributed by atoms with Crippen LogP contribution in [0.3, 0.4) is 0 Å². The molecule has 0 saturated carbocycles. The van der Waals surface area contributed by atoms with Crippen molar-refractivity contribution in [1.82, 2.24) is 4.72 Å². The summed E-state index contributed by atoms with van der Waals surface area (Å²) in [5.74, 6) is -1.24. The summed E-state index contributed by atoms with van der Waals surface area (Å²) >= 11 is 0.915. The first-order valence-electron chi connectivity index (χ1n) is 6.21. The molecule has 112 valence electrons. The van der Waals surface area contributed by atoms with Gasteiger partial charge in [-0.05, 0) is 30.4 Å². The Morgan fingerprint density at radius 2 is 1.90 bits per heavy atom. The quantitative estimate of drug-likeness (QED) is 0.885. The Labute approximate surface area is 127 Å². The van der Waals surface area contributed by atoms with Crippen molar-refractivity contribution in [2.45, 2.75) is 24.8 Å². The van der Waals surface area contributed by atoms with Crippen LogP contribution in [0.4, 0.5) is 0 Å². The lowest BCUT2D eigenvalue weighted by atomic mass is 10.1. The zero-order valence-electron chi connectivity index (χ0n) is 11.5. The third kappa shape index (κ3) is 3.31. The molecule has 1 atom stereocenters. The van der Waals surface area contributed by atoms with Crippen molar-refractivity contribution in [2.24, 2.45) is 0 Å². The van der Waals surface area contributed by atoms with Crippen LogP contribution < -0.4 is 4.72 Å². The molecule has 2 rings (SSSR count). The molecule has 2 aromatic rings. The molecule has 0 aliphatic carbocycles. The lowest BCUT2D eigenvalue weighted by molar-refractivity contribution is 0.0698. The molecule has 1 aromatic heterocycles. The Morgan fingerprint density at radius 1 is 1.29 bits per heavy atom. The number of hydrogen-bond acceptors (Lipinski definition) is 4. The van der Waals surface area contributed by atoms with Crippen molar-refractivity contribution in [1.29, 1.82) is 0 Å². The van der Waals surface area contributed by atoms with Gasteiger partial charge >= 0.3 is 5.97 Å². The third-order valence-corrected chi connectivity index (χ3v) is 5.95. The van der Waals surface area contributed by atoms with Gasteiger partial charge in [0.25, 0.3) is 0 Å². The highest BCUT2D eigenvalue weighted by Gasteiger charge is 2.28. The number of carbonyl (C=O) groups is 1. The van der Waals surface area contributed by atoms with E-state index in [-0.39, 0.29) is 9.77 Å². The first-order valence-corrected chi connectivity index (χ1v) is 8.58. The number of hydrogen-bond donors (Lipinski definition) is 2. The number of sulfonamides is 1. The maximum Gasteiger partial charge on any atom is 0.347 e. The fourth-order valence-electron chi connectivity index (χ4n) is 2.02. The van der Waals surface area contributed by atoms with Gasteiger partial charge in [-0.1, -0.05) is 30.3 Å². The van der Waals surface area contributed by atoms with Gasteiger partial charge in [-0.25, -0.2) is 17.9 Å². The Bertz CT molecular complexity index is 751. The van der Waals surface area contributed by atoms with Gasteiger partial charge in [-0.15, -0.1) is 11.3 Å². The molecule has 1 aromatic carbocycles. The van der Waals surface area contributed by atoms with Crippen LogP contribution in [0.2, 0.25) is 0 Å². The summed E-state index contributed by atoms with van der Waals surface area (Å²) in [6.45, 7) is 3.31. The van der Waals surface area contributed by atoms with E-state index in [2.05, 4.69) is 4.72 Å². The minimum absolute atomic E-state index is 0.150. The summed E-state index contributed by atoms with van der Waals surface area (Å²) in [6, 6.07) is 8.66. The van der Waals surface area contributed by atoms with Crippen molar-refractivity contribution >= 4 is 27.3 Å². The topological polar surface area (TPSA) is 83.5 Å². The van der Waals surface area contributed by atoms with Gasteiger partial charge in [0, 0.05) is 6.04 Å². The largest absolute Gasteiger partial charge is 0.477 e. The number of thiophene rings is 1. The highest BCUT2D eigenvalue weighted by Crippen LogP contribution is 2.28. The van der Waals surface area contributed by atoms with Crippen LogP contribution >= 0.6 is 11.3 Å². The zero-order chi connectivity index (χ0) is 15.6. The number of aromatic carboxylic acids is 1. The number of rotatable bonds is 5. The number of carboxylic acids is 1. The molecule has 0 aliphatic rings. The van der Waals surface area contributed by atoms with E-state index in [1.807, 2.05) is 30.3 Å².